The van der Waals surface area contributed by atoms with E-state index in [0.29, 0.717) is 16.6 Å². The molecule has 1 aliphatic rings. The van der Waals surface area contributed by atoms with Crippen molar-refractivity contribution in [1.29, 1.82) is 0 Å². The lowest BCUT2D eigenvalue weighted by Crippen LogP contribution is -2.45. The Balaban J connectivity index is 1.42. The normalized spacial score (nSPS) is 15.3. The first-order valence-corrected chi connectivity index (χ1v) is 9.86. The van der Waals surface area contributed by atoms with Crippen molar-refractivity contribution in [2.24, 2.45) is 0 Å². The van der Waals surface area contributed by atoms with E-state index in [4.69, 9.17) is 0 Å². The number of benzene rings is 2. The monoisotopic (exact) mass is 435 g/mol. The maximum absolute atomic E-state index is 13.1. The smallest absolute Gasteiger partial charge is 0.406 e. The molecule has 0 unspecified atom stereocenters. The first-order chi connectivity index (χ1) is 14.7. The van der Waals surface area contributed by atoms with Gasteiger partial charge in [0.15, 0.2) is 0 Å². The van der Waals surface area contributed by atoms with Crippen LogP contribution >= 0.6 is 0 Å². The molecule has 0 aliphatic carbocycles. The molecule has 9 heteroatoms. The van der Waals surface area contributed by atoms with Crippen molar-refractivity contribution in [3.63, 3.8) is 0 Å². The zero-order chi connectivity index (χ0) is 22.2. The fourth-order valence-corrected chi connectivity index (χ4v) is 3.94. The Labute approximate surface area is 176 Å². The summed E-state index contributed by atoms with van der Waals surface area (Å²) in [6, 6.07) is 11.9. The summed E-state index contributed by atoms with van der Waals surface area (Å²) in [6.45, 7) is 1.47. The maximum atomic E-state index is 13.1. The number of rotatable bonds is 4. The molecule has 2 heterocycles. The number of hydrogen-bond acceptors (Lipinski definition) is 3. The highest BCUT2D eigenvalue weighted by atomic mass is 19.4. The number of fused-ring (bicyclic) bond motifs is 1. The van der Waals surface area contributed by atoms with Crippen LogP contribution in [0.5, 0.6) is 5.75 Å². The number of halogens is 4. The second-order valence-corrected chi connectivity index (χ2v) is 7.59. The molecule has 1 N–H and O–H groups in total. The van der Waals surface area contributed by atoms with Crippen LogP contribution < -0.4 is 9.64 Å². The molecule has 1 saturated heterocycles. The SMILES string of the molecule is CN(C(=O)c1cc2ccc(OC(F)(F)F)cc2[nH]1)C1CCN(c2ccc(F)cc2)CC1. The lowest BCUT2D eigenvalue weighted by atomic mass is 10.0. The van der Waals surface area contributed by atoms with E-state index in [-0.39, 0.29) is 23.5 Å². The predicted octanol–water partition coefficient (Wildman–Crippen LogP) is 4.95. The molecule has 0 spiro atoms. The third kappa shape index (κ3) is 4.76. The van der Waals surface area contributed by atoms with Crippen LogP contribution in [0.1, 0.15) is 23.3 Å². The van der Waals surface area contributed by atoms with Gasteiger partial charge in [-0.1, -0.05) is 0 Å². The van der Waals surface area contributed by atoms with Crippen molar-refractivity contribution in [3.8, 4) is 5.75 Å². The Morgan fingerprint density at radius 1 is 1.10 bits per heavy atom. The number of anilines is 1. The number of piperidine rings is 1. The largest absolute Gasteiger partial charge is 0.573 e. The van der Waals surface area contributed by atoms with Gasteiger partial charge in [0.1, 0.15) is 17.3 Å². The quantitative estimate of drug-likeness (QED) is 0.591. The number of H-pyrrole nitrogens is 1. The average Bonchev–Trinajstić information content (AvgIpc) is 3.15. The number of nitrogens with one attached hydrogen (secondary N) is 1. The van der Waals surface area contributed by atoms with Crippen LogP contribution in [0.4, 0.5) is 23.2 Å². The molecule has 0 atom stereocenters. The van der Waals surface area contributed by atoms with Crippen LogP contribution in [0, 0.1) is 5.82 Å². The number of hydrogen-bond donors (Lipinski definition) is 1. The van der Waals surface area contributed by atoms with Gasteiger partial charge in [0, 0.05) is 48.8 Å². The van der Waals surface area contributed by atoms with Crippen molar-refractivity contribution in [2.45, 2.75) is 25.2 Å². The fraction of sp³-hybridized carbons (Fsp3) is 0.318. The number of nitrogens with zero attached hydrogens (tertiary/aromatic N) is 2. The minimum absolute atomic E-state index is 0.0275. The van der Waals surface area contributed by atoms with Crippen molar-refractivity contribution < 1.29 is 27.1 Å². The highest BCUT2D eigenvalue weighted by Gasteiger charge is 2.31. The fourth-order valence-electron chi connectivity index (χ4n) is 3.94. The van der Waals surface area contributed by atoms with Crippen LogP contribution in [0.2, 0.25) is 0 Å². The van der Waals surface area contributed by atoms with Crippen molar-refractivity contribution in [3.05, 3.63) is 60.0 Å². The van der Waals surface area contributed by atoms with Gasteiger partial charge in [0.05, 0.1) is 0 Å². The molecule has 0 bridgehead atoms. The molecule has 5 nitrogen and oxygen atoms in total. The summed E-state index contributed by atoms with van der Waals surface area (Å²) in [7, 11) is 1.73. The number of carbonyl (C=O) groups is 1. The summed E-state index contributed by atoms with van der Waals surface area (Å²) in [5.41, 5.74) is 1.65. The molecule has 0 saturated carbocycles. The summed E-state index contributed by atoms with van der Waals surface area (Å²) < 4.78 is 54.3. The van der Waals surface area contributed by atoms with E-state index in [1.807, 2.05) is 0 Å². The molecule has 2 aromatic carbocycles. The van der Waals surface area contributed by atoms with E-state index in [2.05, 4.69) is 14.6 Å². The molecule has 3 aromatic rings. The standard InChI is InChI=1S/C22H21F4N3O2/c1-28(16-8-10-29(11-9-16)17-5-3-15(23)4-6-17)21(30)20-12-14-2-7-18(13-19(14)27-20)31-22(24,25)26/h2-7,12-13,16,27H,8-11H2,1H3. The number of ether oxygens (including phenoxy) is 1. The maximum Gasteiger partial charge on any atom is 0.573 e. The van der Waals surface area contributed by atoms with E-state index >= 15 is 0 Å². The van der Waals surface area contributed by atoms with Gasteiger partial charge < -0.3 is 19.5 Å². The molecule has 1 aliphatic heterocycles. The summed E-state index contributed by atoms with van der Waals surface area (Å²) in [4.78, 5) is 19.7. The first-order valence-electron chi connectivity index (χ1n) is 9.86. The lowest BCUT2D eigenvalue weighted by molar-refractivity contribution is -0.274. The number of carbonyl (C=O) groups excluding carboxylic acids is 1. The predicted molar refractivity (Wildman–Crippen MR) is 109 cm³/mol. The lowest BCUT2D eigenvalue weighted by Gasteiger charge is -2.37. The van der Waals surface area contributed by atoms with Gasteiger partial charge in [-0.15, -0.1) is 13.2 Å². The number of alkyl halides is 3. The third-order valence-corrected chi connectivity index (χ3v) is 5.58. The molecule has 164 valence electrons. The van der Waals surface area contributed by atoms with E-state index < -0.39 is 6.36 Å². The van der Waals surface area contributed by atoms with Gasteiger partial charge in [-0.05, 0) is 55.3 Å². The van der Waals surface area contributed by atoms with Crippen LogP contribution in [-0.4, -0.2) is 48.3 Å². The zero-order valence-corrected chi connectivity index (χ0v) is 16.7. The number of amides is 1. The van der Waals surface area contributed by atoms with Gasteiger partial charge >= 0.3 is 6.36 Å². The molecule has 4 rings (SSSR count). The van der Waals surface area contributed by atoms with Crippen LogP contribution in [-0.2, 0) is 0 Å². The highest BCUT2D eigenvalue weighted by Crippen LogP contribution is 2.28. The Morgan fingerprint density at radius 3 is 2.42 bits per heavy atom. The molecule has 1 amide bonds. The summed E-state index contributed by atoms with van der Waals surface area (Å²) >= 11 is 0. The Hall–Kier alpha value is -3.23. The summed E-state index contributed by atoms with van der Waals surface area (Å²) in [6.07, 6.45) is -3.27. The summed E-state index contributed by atoms with van der Waals surface area (Å²) in [5, 5.41) is 0.623. The molecule has 0 radical (unpaired) electrons. The van der Waals surface area contributed by atoms with Gasteiger partial charge in [-0.2, -0.15) is 0 Å². The number of aromatic amines is 1. The van der Waals surface area contributed by atoms with E-state index in [9.17, 15) is 22.4 Å². The minimum atomic E-state index is -4.78. The van der Waals surface area contributed by atoms with E-state index in [1.165, 1.54) is 30.3 Å². The summed E-state index contributed by atoms with van der Waals surface area (Å²) in [5.74, 6) is -0.850. The topological polar surface area (TPSA) is 48.6 Å². The second kappa shape index (κ2) is 8.13. The third-order valence-electron chi connectivity index (χ3n) is 5.58. The molecule has 31 heavy (non-hydrogen) atoms. The van der Waals surface area contributed by atoms with Gasteiger partial charge in [-0.3, -0.25) is 4.79 Å². The minimum Gasteiger partial charge on any atom is -0.406 e. The molecular weight excluding hydrogens is 414 g/mol. The molecule has 1 fully saturated rings. The molecular formula is C22H21F4N3O2. The number of aromatic nitrogens is 1. The van der Waals surface area contributed by atoms with Gasteiger partial charge in [0.25, 0.3) is 5.91 Å². The Morgan fingerprint density at radius 2 is 1.77 bits per heavy atom. The van der Waals surface area contributed by atoms with Crippen LogP contribution in [0.3, 0.4) is 0 Å². The van der Waals surface area contributed by atoms with Gasteiger partial charge in [-0.25, -0.2) is 4.39 Å². The average molecular weight is 435 g/mol. The van der Waals surface area contributed by atoms with Crippen molar-refractivity contribution in [1.82, 2.24) is 9.88 Å². The second-order valence-electron chi connectivity index (χ2n) is 7.59. The van der Waals surface area contributed by atoms with Gasteiger partial charge in [0.2, 0.25) is 0 Å². The molecule has 1 aromatic heterocycles. The van der Waals surface area contributed by atoms with E-state index in [0.717, 1.165) is 31.6 Å². The van der Waals surface area contributed by atoms with E-state index in [1.54, 1.807) is 30.1 Å². The first kappa shape index (κ1) is 21.0. The van der Waals surface area contributed by atoms with Crippen LogP contribution in [0.15, 0.2) is 48.5 Å². The van der Waals surface area contributed by atoms with Crippen LogP contribution in [0.25, 0.3) is 10.9 Å². The van der Waals surface area contributed by atoms with Crippen molar-refractivity contribution in [2.75, 3.05) is 25.0 Å². The van der Waals surface area contributed by atoms with Crippen molar-refractivity contribution >= 4 is 22.5 Å². The zero-order valence-electron chi connectivity index (χ0n) is 16.7. The Kier molecular flexibility index (Phi) is 5.51. The highest BCUT2D eigenvalue weighted by molar-refractivity contribution is 5.98. The Bertz CT molecular complexity index is 1070.